The fourth-order valence-corrected chi connectivity index (χ4v) is 5.50. The van der Waals surface area contributed by atoms with Crippen molar-refractivity contribution in [1.29, 1.82) is 0 Å². The summed E-state index contributed by atoms with van der Waals surface area (Å²) >= 11 is 0. The molecule has 0 aromatic heterocycles. The predicted octanol–water partition coefficient (Wildman–Crippen LogP) is 1.88. The smallest absolute Gasteiger partial charge is 0.416 e. The number of fused-ring (bicyclic) bond motifs is 1. The molecule has 0 radical (unpaired) electrons. The standard InChI is InChI=1S/C31H43BF3N5O4/c1-30(2)23-10-6-21(18-24(23)32(3)44-30)19-27(41)26(12-7-20-4-8-22(9-5-20)31(33,34)35)39-29(43)25(38)11-13-28(42)40(16-14-36)17-15-37/h4-6,8-10,18,25-26H,7,11-17,19,36-38H2,1-3H3,(H,39,43)/t25-,26+/m0/s1. The Kier molecular flexibility index (Phi) is 12.1. The van der Waals surface area contributed by atoms with Crippen LogP contribution in [0.15, 0.2) is 42.5 Å². The molecule has 240 valence electrons. The van der Waals surface area contributed by atoms with Crippen LogP contribution >= 0.6 is 0 Å². The van der Waals surface area contributed by atoms with Gasteiger partial charge in [-0.25, -0.2) is 0 Å². The van der Waals surface area contributed by atoms with Gasteiger partial charge in [0.05, 0.1) is 23.2 Å². The van der Waals surface area contributed by atoms with E-state index in [2.05, 4.69) is 5.32 Å². The number of Topliss-reactive ketones (excluding diaryl/α,β-unsaturated/α-hetero) is 1. The second-order valence-corrected chi connectivity index (χ2v) is 11.7. The Hall–Kier alpha value is -3.26. The zero-order valence-electron chi connectivity index (χ0n) is 25.6. The summed E-state index contributed by atoms with van der Waals surface area (Å²) in [7, 11) is 0. The van der Waals surface area contributed by atoms with Crippen molar-refractivity contribution in [1.82, 2.24) is 10.2 Å². The molecule has 0 saturated heterocycles. The Morgan fingerprint density at radius 2 is 1.61 bits per heavy atom. The van der Waals surface area contributed by atoms with E-state index in [0.717, 1.165) is 28.7 Å². The molecule has 0 unspecified atom stereocenters. The number of rotatable bonds is 15. The molecule has 2 amide bonds. The van der Waals surface area contributed by atoms with Gasteiger partial charge < -0.3 is 32.1 Å². The summed E-state index contributed by atoms with van der Waals surface area (Å²) < 4.78 is 45.0. The van der Waals surface area contributed by atoms with E-state index in [1.165, 1.54) is 17.0 Å². The Morgan fingerprint density at radius 3 is 2.20 bits per heavy atom. The number of amides is 2. The summed E-state index contributed by atoms with van der Waals surface area (Å²) in [6.45, 7) is 6.99. The monoisotopic (exact) mass is 617 g/mol. The third-order valence-electron chi connectivity index (χ3n) is 7.92. The number of alkyl halides is 3. The van der Waals surface area contributed by atoms with Crippen molar-refractivity contribution in [3.05, 3.63) is 64.7 Å². The van der Waals surface area contributed by atoms with Gasteiger partial charge in [-0.1, -0.05) is 37.2 Å². The van der Waals surface area contributed by atoms with Gasteiger partial charge >= 0.3 is 13.1 Å². The molecule has 1 heterocycles. The Morgan fingerprint density at radius 1 is 1.00 bits per heavy atom. The first-order valence-electron chi connectivity index (χ1n) is 14.9. The van der Waals surface area contributed by atoms with Crippen LogP contribution in [0, 0.1) is 0 Å². The molecule has 0 saturated carbocycles. The van der Waals surface area contributed by atoms with Gasteiger partial charge in [0.2, 0.25) is 11.8 Å². The number of carbonyl (C=O) groups is 3. The lowest BCUT2D eigenvalue weighted by molar-refractivity contribution is -0.137. The number of nitrogens with zero attached hydrogens (tertiary/aromatic N) is 1. The number of halogens is 3. The van der Waals surface area contributed by atoms with Crippen LogP contribution in [-0.4, -0.2) is 67.7 Å². The molecule has 0 spiro atoms. The number of hydrogen-bond acceptors (Lipinski definition) is 7. The molecule has 2 aromatic rings. The minimum absolute atomic E-state index is 0.00445. The zero-order chi connectivity index (χ0) is 32.7. The van der Waals surface area contributed by atoms with Gasteiger partial charge in [0, 0.05) is 39.0 Å². The number of benzene rings is 2. The molecule has 0 fully saturated rings. The maximum atomic E-state index is 13.6. The molecular formula is C31H43BF3N5O4. The highest BCUT2D eigenvalue weighted by molar-refractivity contribution is 6.67. The van der Waals surface area contributed by atoms with Gasteiger partial charge in [0.15, 0.2) is 5.78 Å². The van der Waals surface area contributed by atoms with Crippen LogP contribution < -0.4 is 28.0 Å². The summed E-state index contributed by atoms with van der Waals surface area (Å²) in [5, 5.41) is 2.74. The average Bonchev–Trinajstić information content (AvgIpc) is 3.20. The SMILES string of the molecule is CB1OC(C)(C)c2ccc(CC(=O)[C@@H](CCc3ccc(C(F)(F)F)cc3)NC(=O)[C@@H](N)CCC(=O)N(CCN)CCN)cc21. The van der Waals surface area contributed by atoms with Crippen LogP contribution in [0.5, 0.6) is 0 Å². The molecule has 2 atom stereocenters. The molecule has 7 N–H and O–H groups in total. The second-order valence-electron chi connectivity index (χ2n) is 11.7. The molecular weight excluding hydrogens is 574 g/mol. The molecule has 0 bridgehead atoms. The predicted molar refractivity (Wildman–Crippen MR) is 164 cm³/mol. The van der Waals surface area contributed by atoms with Crippen molar-refractivity contribution < 1.29 is 32.2 Å². The van der Waals surface area contributed by atoms with Crippen molar-refractivity contribution in [3.63, 3.8) is 0 Å². The van der Waals surface area contributed by atoms with Crippen molar-refractivity contribution in [2.75, 3.05) is 26.2 Å². The molecule has 3 rings (SSSR count). The number of carbonyl (C=O) groups excluding carboxylic acids is 3. The van der Waals surface area contributed by atoms with Crippen molar-refractivity contribution >= 4 is 30.0 Å². The largest absolute Gasteiger partial charge is 0.422 e. The molecule has 1 aliphatic heterocycles. The average molecular weight is 618 g/mol. The maximum absolute atomic E-state index is 13.6. The van der Waals surface area contributed by atoms with E-state index in [4.69, 9.17) is 21.9 Å². The zero-order valence-corrected chi connectivity index (χ0v) is 25.6. The van der Waals surface area contributed by atoms with Crippen LogP contribution in [0.2, 0.25) is 6.82 Å². The normalized spacial score (nSPS) is 15.4. The molecule has 9 nitrogen and oxygen atoms in total. The van der Waals surface area contributed by atoms with Crippen LogP contribution in [0.25, 0.3) is 0 Å². The number of ketones is 1. The lowest BCUT2D eigenvalue weighted by Crippen LogP contribution is -2.49. The molecule has 2 aromatic carbocycles. The fourth-order valence-electron chi connectivity index (χ4n) is 5.50. The summed E-state index contributed by atoms with van der Waals surface area (Å²) in [6.07, 6.45) is -3.97. The van der Waals surface area contributed by atoms with Crippen molar-refractivity contribution in [2.24, 2.45) is 17.2 Å². The lowest BCUT2D eigenvalue weighted by Gasteiger charge is -2.23. The second kappa shape index (κ2) is 15.2. The van der Waals surface area contributed by atoms with E-state index >= 15 is 0 Å². The minimum Gasteiger partial charge on any atom is -0.422 e. The summed E-state index contributed by atoms with van der Waals surface area (Å²) in [4.78, 5) is 40.7. The topological polar surface area (TPSA) is 154 Å². The molecule has 13 heteroatoms. The lowest BCUT2D eigenvalue weighted by atomic mass is 9.63. The molecule has 44 heavy (non-hydrogen) atoms. The first kappa shape index (κ1) is 35.2. The van der Waals surface area contributed by atoms with E-state index in [1.54, 1.807) is 0 Å². The Bertz CT molecular complexity index is 1300. The van der Waals surface area contributed by atoms with Gasteiger partial charge in [0.1, 0.15) is 0 Å². The van der Waals surface area contributed by atoms with E-state index in [0.29, 0.717) is 18.7 Å². The van der Waals surface area contributed by atoms with Gasteiger partial charge in [-0.15, -0.1) is 0 Å². The van der Waals surface area contributed by atoms with Crippen molar-refractivity contribution in [2.45, 2.75) is 76.6 Å². The van der Waals surface area contributed by atoms with E-state index in [9.17, 15) is 27.6 Å². The first-order chi connectivity index (χ1) is 20.7. The van der Waals surface area contributed by atoms with E-state index in [1.807, 2.05) is 38.9 Å². The third kappa shape index (κ3) is 9.37. The quantitative estimate of drug-likeness (QED) is 0.223. The summed E-state index contributed by atoms with van der Waals surface area (Å²) in [5.41, 5.74) is 19.4. The molecule has 1 aliphatic rings. The summed E-state index contributed by atoms with van der Waals surface area (Å²) in [6, 6.07) is 8.45. The van der Waals surface area contributed by atoms with E-state index < -0.39 is 35.3 Å². The van der Waals surface area contributed by atoms with Crippen LogP contribution in [-0.2, 0) is 43.7 Å². The van der Waals surface area contributed by atoms with Crippen LogP contribution in [0.4, 0.5) is 13.2 Å². The fraction of sp³-hybridized carbons (Fsp3) is 0.516. The highest BCUT2D eigenvalue weighted by Crippen LogP contribution is 2.31. The highest BCUT2D eigenvalue weighted by atomic mass is 19.4. The van der Waals surface area contributed by atoms with Crippen molar-refractivity contribution in [3.8, 4) is 0 Å². The Balaban J connectivity index is 1.72. The molecule has 0 aliphatic carbocycles. The van der Waals surface area contributed by atoms with Gasteiger partial charge in [-0.3, -0.25) is 14.4 Å². The van der Waals surface area contributed by atoms with Crippen LogP contribution in [0.1, 0.15) is 55.4 Å². The minimum atomic E-state index is -4.46. The summed E-state index contributed by atoms with van der Waals surface area (Å²) in [5.74, 6) is -1.08. The number of hydrogen-bond donors (Lipinski definition) is 4. The van der Waals surface area contributed by atoms with Gasteiger partial charge in [0.25, 0.3) is 0 Å². The van der Waals surface area contributed by atoms with Gasteiger partial charge in [-0.2, -0.15) is 13.2 Å². The maximum Gasteiger partial charge on any atom is 0.416 e. The highest BCUT2D eigenvalue weighted by Gasteiger charge is 2.38. The number of nitrogens with one attached hydrogen (secondary N) is 1. The number of nitrogens with two attached hydrogens (primary N) is 3. The number of aryl methyl sites for hydroxylation is 1. The Labute approximate surface area is 257 Å². The first-order valence-corrected chi connectivity index (χ1v) is 14.9. The van der Waals surface area contributed by atoms with Crippen LogP contribution in [0.3, 0.4) is 0 Å². The third-order valence-corrected chi connectivity index (χ3v) is 7.92. The van der Waals surface area contributed by atoms with Gasteiger partial charge in [-0.05, 0) is 67.4 Å². The van der Waals surface area contributed by atoms with E-state index in [-0.39, 0.29) is 63.8 Å².